The molecule has 1 N–H and O–H groups in total. The van der Waals surface area contributed by atoms with Crippen molar-refractivity contribution >= 4 is 39.1 Å². The van der Waals surface area contributed by atoms with Gasteiger partial charge in [-0.05, 0) is 55.1 Å². The largest absolute Gasteiger partial charge is 0.280 e. The Kier molecular flexibility index (Phi) is 4.62. The van der Waals surface area contributed by atoms with E-state index in [9.17, 15) is 8.42 Å². The minimum atomic E-state index is -3.67. The number of rotatable bonds is 4. The molecule has 2 rings (SSSR count). The molecule has 0 saturated heterocycles. The van der Waals surface area contributed by atoms with Crippen molar-refractivity contribution in [3.05, 3.63) is 53.1 Å². The molecule has 0 bridgehead atoms. The molecule has 0 fully saturated rings. The summed E-state index contributed by atoms with van der Waals surface area (Å²) in [5.74, 6) is 0. The number of sulfonamides is 1. The van der Waals surface area contributed by atoms with Crippen molar-refractivity contribution in [1.29, 1.82) is 0 Å². The minimum Gasteiger partial charge on any atom is -0.280 e. The van der Waals surface area contributed by atoms with Crippen molar-refractivity contribution in [2.75, 3.05) is 11.0 Å². The molecule has 0 aliphatic carbocycles. The van der Waals surface area contributed by atoms with Crippen LogP contribution in [0.3, 0.4) is 0 Å². The van der Waals surface area contributed by atoms with E-state index in [1.165, 1.54) is 6.07 Å². The molecule has 0 radical (unpaired) electrons. The topological polar surface area (TPSA) is 46.2 Å². The predicted octanol–water partition coefficient (Wildman–Crippen LogP) is 4.17. The fourth-order valence-electron chi connectivity index (χ4n) is 1.69. The average molecular weight is 328 g/mol. The van der Waals surface area contributed by atoms with E-state index in [4.69, 9.17) is 11.6 Å². The summed E-state index contributed by atoms with van der Waals surface area (Å²) in [6.45, 7) is 1.86. The molecule has 0 aliphatic heterocycles. The Morgan fingerprint density at radius 2 is 1.75 bits per heavy atom. The molecule has 20 heavy (non-hydrogen) atoms. The third-order valence-corrected chi connectivity index (χ3v) is 5.33. The summed E-state index contributed by atoms with van der Waals surface area (Å²) in [4.78, 5) is 1.15. The first-order valence-electron chi connectivity index (χ1n) is 5.85. The van der Waals surface area contributed by atoms with E-state index in [0.29, 0.717) is 5.69 Å². The Bertz CT molecular complexity index is 712. The van der Waals surface area contributed by atoms with E-state index >= 15 is 0 Å². The van der Waals surface area contributed by atoms with Crippen LogP contribution < -0.4 is 4.72 Å². The second-order valence-electron chi connectivity index (χ2n) is 4.27. The second-order valence-corrected chi connectivity index (χ2v) is 7.21. The fraction of sp³-hybridized carbons (Fsp3) is 0.143. The van der Waals surface area contributed by atoms with Crippen LogP contribution in [-0.2, 0) is 10.0 Å². The van der Waals surface area contributed by atoms with Crippen molar-refractivity contribution in [1.82, 2.24) is 0 Å². The summed E-state index contributed by atoms with van der Waals surface area (Å²) in [6, 6.07) is 12.0. The summed E-state index contributed by atoms with van der Waals surface area (Å²) >= 11 is 7.60. The summed E-state index contributed by atoms with van der Waals surface area (Å²) in [6.07, 6.45) is 1.96. The van der Waals surface area contributed by atoms with Gasteiger partial charge in [-0.25, -0.2) is 8.42 Å². The van der Waals surface area contributed by atoms with Gasteiger partial charge in [0.05, 0.1) is 5.02 Å². The molecule has 0 heterocycles. The normalized spacial score (nSPS) is 11.3. The lowest BCUT2D eigenvalue weighted by atomic mass is 10.2. The SMILES string of the molecule is CSc1ccc(NS(=O)(=O)c2ccc(C)cc2Cl)cc1. The number of aryl methyl sites for hydroxylation is 1. The maximum atomic E-state index is 12.3. The molecule has 106 valence electrons. The van der Waals surface area contributed by atoms with Gasteiger partial charge in [-0.15, -0.1) is 11.8 Å². The van der Waals surface area contributed by atoms with Crippen molar-refractivity contribution < 1.29 is 8.42 Å². The lowest BCUT2D eigenvalue weighted by Gasteiger charge is -2.10. The first-order chi connectivity index (χ1) is 9.42. The number of thioether (sulfide) groups is 1. The van der Waals surface area contributed by atoms with Crippen molar-refractivity contribution in [2.45, 2.75) is 16.7 Å². The molecule has 6 heteroatoms. The summed E-state index contributed by atoms with van der Waals surface area (Å²) in [7, 11) is -3.67. The Morgan fingerprint density at radius 3 is 2.30 bits per heavy atom. The first kappa shape index (κ1) is 15.2. The predicted molar refractivity (Wildman–Crippen MR) is 85.2 cm³/mol. The maximum Gasteiger partial charge on any atom is 0.263 e. The van der Waals surface area contributed by atoms with Crippen molar-refractivity contribution in [3.63, 3.8) is 0 Å². The lowest BCUT2D eigenvalue weighted by molar-refractivity contribution is 0.601. The van der Waals surface area contributed by atoms with Gasteiger partial charge >= 0.3 is 0 Å². The Labute approximate surface area is 128 Å². The van der Waals surface area contributed by atoms with Crippen molar-refractivity contribution in [2.24, 2.45) is 0 Å². The number of anilines is 1. The monoisotopic (exact) mass is 327 g/mol. The molecule has 2 aromatic rings. The summed E-state index contributed by atoms with van der Waals surface area (Å²) < 4.78 is 27.1. The number of nitrogens with one attached hydrogen (secondary N) is 1. The van der Waals surface area contributed by atoms with Crippen LogP contribution >= 0.6 is 23.4 Å². The minimum absolute atomic E-state index is 0.0821. The zero-order chi connectivity index (χ0) is 14.8. The van der Waals surface area contributed by atoms with Crippen molar-refractivity contribution in [3.8, 4) is 0 Å². The molecule has 0 unspecified atom stereocenters. The first-order valence-corrected chi connectivity index (χ1v) is 8.94. The molecule has 0 saturated carbocycles. The highest BCUT2D eigenvalue weighted by Crippen LogP contribution is 2.25. The second kappa shape index (κ2) is 6.08. The van der Waals surface area contributed by atoms with E-state index in [1.807, 2.05) is 25.3 Å². The van der Waals surface area contributed by atoms with Gasteiger partial charge < -0.3 is 0 Å². The van der Waals surface area contributed by atoms with E-state index in [1.54, 1.807) is 36.0 Å². The number of benzene rings is 2. The Morgan fingerprint density at radius 1 is 1.10 bits per heavy atom. The zero-order valence-electron chi connectivity index (χ0n) is 11.1. The van der Waals surface area contributed by atoms with Gasteiger partial charge in [0.25, 0.3) is 10.0 Å². The van der Waals surface area contributed by atoms with Gasteiger partial charge in [-0.3, -0.25) is 4.72 Å². The molecule has 3 nitrogen and oxygen atoms in total. The van der Waals surface area contributed by atoms with Gasteiger partial charge in [0.2, 0.25) is 0 Å². The molecule has 2 aromatic carbocycles. The van der Waals surface area contributed by atoms with Gasteiger partial charge in [-0.1, -0.05) is 17.7 Å². The molecule has 0 spiro atoms. The van der Waals surface area contributed by atoms with Crippen LogP contribution in [0.2, 0.25) is 5.02 Å². The van der Waals surface area contributed by atoms with Crippen LogP contribution in [0.25, 0.3) is 0 Å². The molecular formula is C14H14ClNO2S2. The van der Waals surface area contributed by atoms with Crippen LogP contribution in [0.15, 0.2) is 52.3 Å². The third kappa shape index (κ3) is 3.48. The molecular weight excluding hydrogens is 314 g/mol. The number of hydrogen-bond acceptors (Lipinski definition) is 3. The van der Waals surface area contributed by atoms with Gasteiger partial charge in [0.15, 0.2) is 0 Å². The van der Waals surface area contributed by atoms with Crippen LogP contribution in [-0.4, -0.2) is 14.7 Å². The quantitative estimate of drug-likeness (QED) is 0.857. The molecule has 0 atom stereocenters. The van der Waals surface area contributed by atoms with Gasteiger partial charge in [-0.2, -0.15) is 0 Å². The number of halogens is 1. The van der Waals surface area contributed by atoms with E-state index in [-0.39, 0.29) is 9.92 Å². The summed E-state index contributed by atoms with van der Waals surface area (Å²) in [5.41, 5.74) is 1.43. The summed E-state index contributed by atoms with van der Waals surface area (Å²) in [5, 5.41) is 0.221. The van der Waals surface area contributed by atoms with Gasteiger partial charge in [0.1, 0.15) is 4.90 Å². The highest BCUT2D eigenvalue weighted by Gasteiger charge is 2.17. The standard InChI is InChI=1S/C14H14ClNO2S2/c1-10-3-8-14(13(15)9-10)20(17,18)16-11-4-6-12(19-2)7-5-11/h3-9,16H,1-2H3. The average Bonchev–Trinajstić information content (AvgIpc) is 2.38. The zero-order valence-corrected chi connectivity index (χ0v) is 13.4. The van der Waals surface area contributed by atoms with Crippen LogP contribution in [0.5, 0.6) is 0 Å². The highest BCUT2D eigenvalue weighted by molar-refractivity contribution is 7.98. The van der Waals surface area contributed by atoms with E-state index < -0.39 is 10.0 Å². The Balaban J connectivity index is 2.30. The van der Waals surface area contributed by atoms with E-state index in [0.717, 1.165) is 10.5 Å². The van der Waals surface area contributed by atoms with E-state index in [2.05, 4.69) is 4.72 Å². The lowest BCUT2D eigenvalue weighted by Crippen LogP contribution is -2.13. The van der Waals surface area contributed by atoms with Gasteiger partial charge in [0, 0.05) is 10.6 Å². The van der Waals surface area contributed by atoms with Crippen LogP contribution in [0.4, 0.5) is 5.69 Å². The molecule has 0 amide bonds. The number of hydrogen-bond donors (Lipinski definition) is 1. The highest BCUT2D eigenvalue weighted by atomic mass is 35.5. The molecule has 0 aromatic heterocycles. The van der Waals surface area contributed by atoms with Crippen LogP contribution in [0, 0.1) is 6.92 Å². The fourth-order valence-corrected chi connectivity index (χ4v) is 3.76. The van der Waals surface area contributed by atoms with Crippen LogP contribution in [0.1, 0.15) is 5.56 Å². The Hall–Kier alpha value is -1.17. The maximum absolute atomic E-state index is 12.3. The third-order valence-electron chi connectivity index (χ3n) is 2.72. The molecule has 0 aliphatic rings. The smallest absolute Gasteiger partial charge is 0.263 e.